The van der Waals surface area contributed by atoms with E-state index < -0.39 is 0 Å². The van der Waals surface area contributed by atoms with Gasteiger partial charge in [-0.05, 0) is 86.1 Å². The molecule has 4 aliphatic rings. The number of H-pyrrole nitrogens is 1. The third-order valence-electron chi connectivity index (χ3n) is 8.31. The Labute approximate surface area is 205 Å². The Morgan fingerprint density at radius 2 is 1.91 bits per heavy atom. The van der Waals surface area contributed by atoms with E-state index in [9.17, 15) is 4.79 Å². The molecule has 7 heteroatoms. The number of nitrogens with one attached hydrogen (secondary N) is 2. The van der Waals surface area contributed by atoms with Gasteiger partial charge in [0, 0.05) is 5.92 Å². The summed E-state index contributed by atoms with van der Waals surface area (Å²) in [6.45, 7) is 1.23. The van der Waals surface area contributed by atoms with Crippen molar-refractivity contribution < 1.29 is 14.3 Å². The Hall–Kier alpha value is -3.19. The van der Waals surface area contributed by atoms with Gasteiger partial charge in [0.05, 0.1) is 18.8 Å². The summed E-state index contributed by atoms with van der Waals surface area (Å²) in [4.78, 5) is 16.5. The number of benzene rings is 2. The fraction of sp³-hybridized carbons (Fsp3) is 0.464. The van der Waals surface area contributed by atoms with Gasteiger partial charge >= 0.3 is 0 Å². The van der Waals surface area contributed by atoms with Gasteiger partial charge in [0.15, 0.2) is 0 Å². The van der Waals surface area contributed by atoms with Crippen LogP contribution in [0.4, 0.5) is 0 Å². The van der Waals surface area contributed by atoms with Gasteiger partial charge in [-0.15, -0.1) is 0 Å². The molecule has 182 valence electrons. The summed E-state index contributed by atoms with van der Waals surface area (Å²) >= 11 is 0. The molecule has 1 amide bonds. The van der Waals surface area contributed by atoms with Crippen LogP contribution in [0.15, 0.2) is 60.9 Å². The molecule has 2 aliphatic heterocycles. The number of ether oxygens (including phenoxy) is 2. The molecule has 7 nitrogen and oxygen atoms in total. The van der Waals surface area contributed by atoms with Crippen molar-refractivity contribution in [3.05, 3.63) is 72.3 Å². The molecule has 7 rings (SSSR count). The van der Waals surface area contributed by atoms with Gasteiger partial charge in [-0.3, -0.25) is 9.89 Å². The van der Waals surface area contributed by atoms with Crippen molar-refractivity contribution in [3.8, 4) is 11.5 Å². The van der Waals surface area contributed by atoms with Crippen LogP contribution in [0.5, 0.6) is 11.5 Å². The normalized spacial score (nSPS) is 29.0. The lowest BCUT2D eigenvalue weighted by Gasteiger charge is -2.53. The van der Waals surface area contributed by atoms with E-state index in [1.54, 1.807) is 0 Å². The third-order valence-corrected chi connectivity index (χ3v) is 8.31. The highest BCUT2D eigenvalue weighted by atomic mass is 16.5. The second-order valence-electron chi connectivity index (χ2n) is 10.5. The van der Waals surface area contributed by atoms with Crippen LogP contribution in [0.2, 0.25) is 0 Å². The fourth-order valence-corrected chi connectivity index (χ4v) is 5.92. The van der Waals surface area contributed by atoms with Crippen LogP contribution < -0.4 is 10.1 Å². The van der Waals surface area contributed by atoms with Crippen LogP contribution in [0.25, 0.3) is 0 Å². The average molecular weight is 473 g/mol. The van der Waals surface area contributed by atoms with E-state index >= 15 is 0 Å². The highest BCUT2D eigenvalue weighted by molar-refractivity contribution is 5.81. The van der Waals surface area contributed by atoms with E-state index in [4.69, 9.17) is 9.47 Å². The third kappa shape index (κ3) is 4.69. The molecule has 2 bridgehead atoms. The minimum Gasteiger partial charge on any atom is -0.457 e. The monoisotopic (exact) mass is 472 g/mol. The number of hydrogen-bond acceptors (Lipinski definition) is 5. The molecule has 2 saturated heterocycles. The number of aromatic amines is 1. The van der Waals surface area contributed by atoms with Crippen LogP contribution >= 0.6 is 0 Å². The SMILES string of the molecule is O=C(NCc1ncn[nH]1)C1CC1CCC12CCC(c3cccc(Oc4ccccc4)c3)(CC1)OC2. The van der Waals surface area contributed by atoms with Crippen molar-refractivity contribution >= 4 is 5.91 Å². The summed E-state index contributed by atoms with van der Waals surface area (Å²) in [6.07, 6.45) is 9.19. The maximum absolute atomic E-state index is 12.5. The summed E-state index contributed by atoms with van der Waals surface area (Å²) in [7, 11) is 0. The predicted octanol–water partition coefficient (Wildman–Crippen LogP) is 5.12. The number of nitrogens with zero attached hydrogens (tertiary/aromatic N) is 2. The van der Waals surface area contributed by atoms with Crippen molar-refractivity contribution in [3.63, 3.8) is 0 Å². The van der Waals surface area contributed by atoms with Crippen molar-refractivity contribution in [1.82, 2.24) is 20.5 Å². The van der Waals surface area contributed by atoms with Gasteiger partial charge < -0.3 is 14.8 Å². The number of aromatic nitrogens is 3. The van der Waals surface area contributed by atoms with Crippen LogP contribution in [-0.2, 0) is 21.7 Å². The Balaban J connectivity index is 1.01. The number of para-hydroxylation sites is 1. The van der Waals surface area contributed by atoms with Crippen LogP contribution in [-0.4, -0.2) is 27.7 Å². The van der Waals surface area contributed by atoms with Crippen LogP contribution in [0, 0.1) is 17.3 Å². The predicted molar refractivity (Wildman–Crippen MR) is 131 cm³/mol. The van der Waals surface area contributed by atoms with E-state index in [2.05, 4.69) is 38.7 Å². The van der Waals surface area contributed by atoms with Gasteiger partial charge in [0.2, 0.25) is 5.91 Å². The minimum atomic E-state index is -0.194. The Morgan fingerprint density at radius 1 is 1.09 bits per heavy atom. The van der Waals surface area contributed by atoms with Gasteiger partial charge in [0.25, 0.3) is 0 Å². The topological polar surface area (TPSA) is 89.1 Å². The Bertz CT molecular complexity index is 1140. The zero-order chi connectivity index (χ0) is 23.7. The maximum atomic E-state index is 12.5. The molecule has 2 aromatic carbocycles. The molecule has 2 aliphatic carbocycles. The van der Waals surface area contributed by atoms with Crippen LogP contribution in [0.3, 0.4) is 0 Å². The van der Waals surface area contributed by atoms with E-state index in [1.165, 1.54) is 24.7 Å². The summed E-state index contributed by atoms with van der Waals surface area (Å²) < 4.78 is 12.7. The zero-order valence-electron chi connectivity index (χ0n) is 19.9. The largest absolute Gasteiger partial charge is 0.457 e. The average Bonchev–Trinajstić information content (AvgIpc) is 3.51. The van der Waals surface area contributed by atoms with Gasteiger partial charge in [-0.25, -0.2) is 4.98 Å². The first-order chi connectivity index (χ1) is 17.1. The standard InChI is InChI=1S/C28H32N4O3/c33-26(29-17-25-30-19-31-32-25)24-15-20(24)9-10-27-11-13-28(14-12-27,34-18-27)21-5-4-8-23(16-21)35-22-6-2-1-3-7-22/h1-8,16,19-20,24H,9-15,17-18H2,(H,29,33)(H,30,31,32). The number of fused-ring (bicyclic) bond motifs is 3. The van der Waals surface area contributed by atoms with Crippen molar-refractivity contribution in [2.45, 2.75) is 57.1 Å². The second-order valence-corrected chi connectivity index (χ2v) is 10.5. The van der Waals surface area contributed by atoms with E-state index in [0.29, 0.717) is 18.3 Å². The molecule has 3 aromatic rings. The van der Waals surface area contributed by atoms with E-state index in [-0.39, 0.29) is 22.8 Å². The number of carbonyl (C=O) groups excluding carboxylic acids is 1. The zero-order valence-corrected chi connectivity index (χ0v) is 19.9. The molecule has 3 heterocycles. The lowest BCUT2D eigenvalue weighted by molar-refractivity contribution is -0.192. The fourth-order valence-electron chi connectivity index (χ4n) is 5.92. The summed E-state index contributed by atoms with van der Waals surface area (Å²) in [6, 6.07) is 18.3. The molecule has 2 atom stereocenters. The van der Waals surface area contributed by atoms with Gasteiger partial charge in [-0.1, -0.05) is 30.3 Å². The highest BCUT2D eigenvalue weighted by Crippen LogP contribution is 2.57. The molecule has 4 fully saturated rings. The maximum Gasteiger partial charge on any atom is 0.223 e. The summed E-state index contributed by atoms with van der Waals surface area (Å²) in [5.41, 5.74) is 1.30. The summed E-state index contributed by atoms with van der Waals surface area (Å²) in [5.74, 6) is 3.18. The molecular formula is C28H32N4O3. The van der Waals surface area contributed by atoms with E-state index in [1.807, 2.05) is 36.4 Å². The van der Waals surface area contributed by atoms with Crippen molar-refractivity contribution in [1.29, 1.82) is 0 Å². The molecule has 35 heavy (non-hydrogen) atoms. The van der Waals surface area contributed by atoms with E-state index in [0.717, 1.165) is 50.2 Å². The second kappa shape index (κ2) is 9.11. The first kappa shape index (κ1) is 22.3. The summed E-state index contributed by atoms with van der Waals surface area (Å²) in [5, 5.41) is 9.58. The minimum absolute atomic E-state index is 0.143. The first-order valence-electron chi connectivity index (χ1n) is 12.7. The molecule has 2 N–H and O–H groups in total. The number of carbonyl (C=O) groups is 1. The lowest BCUT2D eigenvalue weighted by Crippen LogP contribution is -2.49. The Kier molecular flexibility index (Phi) is 5.80. The number of amides is 1. The van der Waals surface area contributed by atoms with Gasteiger partial charge in [0.1, 0.15) is 23.7 Å². The van der Waals surface area contributed by atoms with Crippen molar-refractivity contribution in [2.24, 2.45) is 17.3 Å². The van der Waals surface area contributed by atoms with Crippen LogP contribution in [0.1, 0.15) is 56.3 Å². The first-order valence-corrected chi connectivity index (χ1v) is 12.7. The molecule has 0 spiro atoms. The molecule has 0 radical (unpaired) electrons. The number of hydrogen-bond donors (Lipinski definition) is 2. The molecular weight excluding hydrogens is 440 g/mol. The smallest absolute Gasteiger partial charge is 0.223 e. The highest BCUT2D eigenvalue weighted by Gasteiger charge is 2.51. The quantitative estimate of drug-likeness (QED) is 0.451. The lowest BCUT2D eigenvalue weighted by atomic mass is 9.62. The molecule has 2 unspecified atom stereocenters. The Morgan fingerprint density at radius 3 is 2.66 bits per heavy atom. The van der Waals surface area contributed by atoms with Gasteiger partial charge in [-0.2, -0.15) is 5.10 Å². The number of rotatable bonds is 9. The molecule has 2 saturated carbocycles. The molecule has 1 aromatic heterocycles. The van der Waals surface area contributed by atoms with Crippen molar-refractivity contribution in [2.75, 3.05) is 6.61 Å².